The Balaban J connectivity index is 2.14. The van der Waals surface area contributed by atoms with Gasteiger partial charge < -0.3 is 9.47 Å². The second-order valence-electron chi connectivity index (χ2n) is 4.79. The Morgan fingerprint density at radius 3 is 2.68 bits per heavy atom. The highest BCUT2D eigenvalue weighted by atomic mass is 127. The van der Waals surface area contributed by atoms with Gasteiger partial charge in [0.15, 0.2) is 0 Å². The molecule has 1 saturated heterocycles. The van der Waals surface area contributed by atoms with Crippen molar-refractivity contribution >= 4 is 28.5 Å². The lowest BCUT2D eigenvalue weighted by Crippen LogP contribution is -2.45. The zero-order valence-corrected chi connectivity index (χ0v) is 12.5. The number of carbonyl (C=O) groups excluding carboxylic acids is 1. The lowest BCUT2D eigenvalue weighted by atomic mass is 9.97. The zero-order chi connectivity index (χ0) is 14.2. The molecule has 2 heterocycles. The van der Waals surface area contributed by atoms with E-state index in [1.165, 1.54) is 4.90 Å². The van der Waals surface area contributed by atoms with E-state index in [1.807, 2.05) is 0 Å². The number of alkyl halides is 3. The maximum atomic E-state index is 12.7. The molecular formula is C12H14F3IN2O. The molecule has 1 aromatic heterocycles. The minimum Gasteiger partial charge on any atom is -0.346 e. The van der Waals surface area contributed by atoms with Crippen LogP contribution in [-0.2, 0) is 7.05 Å². The number of aromatic nitrogens is 1. The molecule has 1 fully saturated rings. The highest BCUT2D eigenvalue weighted by Gasteiger charge is 2.42. The van der Waals surface area contributed by atoms with Crippen LogP contribution in [0.2, 0.25) is 0 Å². The Morgan fingerprint density at radius 1 is 1.47 bits per heavy atom. The van der Waals surface area contributed by atoms with Crippen LogP contribution in [0.15, 0.2) is 12.3 Å². The predicted molar refractivity (Wildman–Crippen MR) is 72.8 cm³/mol. The zero-order valence-electron chi connectivity index (χ0n) is 10.4. The van der Waals surface area contributed by atoms with Crippen molar-refractivity contribution in [2.24, 2.45) is 13.0 Å². The molecule has 0 saturated carbocycles. The van der Waals surface area contributed by atoms with Crippen LogP contribution in [0.25, 0.3) is 0 Å². The summed E-state index contributed by atoms with van der Waals surface area (Å²) in [6, 6.07) is 1.69. The second-order valence-corrected chi connectivity index (χ2v) is 6.03. The number of hydrogen-bond donors (Lipinski definition) is 0. The molecular weight excluding hydrogens is 372 g/mol. The Labute approximate surface area is 122 Å². The van der Waals surface area contributed by atoms with Crippen LogP contribution in [0, 0.1) is 9.49 Å². The summed E-state index contributed by atoms with van der Waals surface area (Å²) in [6.07, 6.45) is -1.93. The van der Waals surface area contributed by atoms with Gasteiger partial charge in [-0.05, 0) is 41.5 Å². The van der Waals surface area contributed by atoms with Crippen LogP contribution in [0.3, 0.4) is 0 Å². The average Bonchev–Trinajstić information content (AvgIpc) is 2.66. The molecule has 1 aliphatic rings. The van der Waals surface area contributed by atoms with Crippen molar-refractivity contribution in [3.8, 4) is 0 Å². The molecule has 3 nitrogen and oxygen atoms in total. The molecule has 106 valence electrons. The topological polar surface area (TPSA) is 25.2 Å². The summed E-state index contributed by atoms with van der Waals surface area (Å²) in [5.41, 5.74) is 0.437. The number of hydrogen-bond acceptors (Lipinski definition) is 1. The van der Waals surface area contributed by atoms with Gasteiger partial charge in [0, 0.05) is 29.9 Å². The normalized spacial score (nSPS) is 20.7. The van der Waals surface area contributed by atoms with Crippen molar-refractivity contribution in [3.63, 3.8) is 0 Å². The fourth-order valence-corrected chi connectivity index (χ4v) is 3.04. The number of amides is 1. The molecule has 19 heavy (non-hydrogen) atoms. The molecule has 0 bridgehead atoms. The molecule has 2 rings (SSSR count). The summed E-state index contributed by atoms with van der Waals surface area (Å²) in [5.74, 6) is -1.72. The third-order valence-electron chi connectivity index (χ3n) is 3.36. The second kappa shape index (κ2) is 5.34. The number of piperidine rings is 1. The van der Waals surface area contributed by atoms with Crippen molar-refractivity contribution in [3.05, 3.63) is 21.5 Å². The molecule has 1 atom stereocenters. The quantitative estimate of drug-likeness (QED) is 0.682. The van der Waals surface area contributed by atoms with Crippen molar-refractivity contribution in [1.82, 2.24) is 9.47 Å². The SMILES string of the molecule is Cn1cc(I)cc1C(=O)N1CCCC(C(F)(F)F)C1. The van der Waals surface area contributed by atoms with Crippen LogP contribution >= 0.6 is 22.6 Å². The van der Waals surface area contributed by atoms with E-state index in [0.29, 0.717) is 18.7 Å². The van der Waals surface area contributed by atoms with Crippen molar-refractivity contribution in [1.29, 1.82) is 0 Å². The van der Waals surface area contributed by atoms with Gasteiger partial charge in [-0.25, -0.2) is 0 Å². The molecule has 0 aromatic carbocycles. The fraction of sp³-hybridized carbons (Fsp3) is 0.583. The van der Waals surface area contributed by atoms with E-state index in [-0.39, 0.29) is 18.9 Å². The van der Waals surface area contributed by atoms with Gasteiger partial charge in [-0.1, -0.05) is 0 Å². The van der Waals surface area contributed by atoms with E-state index in [1.54, 1.807) is 23.9 Å². The molecule has 1 unspecified atom stereocenters. The number of aryl methyl sites for hydroxylation is 1. The Bertz CT molecular complexity index is 484. The largest absolute Gasteiger partial charge is 0.393 e. The molecule has 1 amide bonds. The van der Waals surface area contributed by atoms with E-state index in [4.69, 9.17) is 0 Å². The summed E-state index contributed by atoms with van der Waals surface area (Å²) < 4.78 is 40.7. The number of likely N-dealkylation sites (tertiary alicyclic amines) is 1. The maximum Gasteiger partial charge on any atom is 0.393 e. The molecule has 0 spiro atoms. The average molecular weight is 386 g/mol. The van der Waals surface area contributed by atoms with Crippen LogP contribution in [-0.4, -0.2) is 34.6 Å². The van der Waals surface area contributed by atoms with Crippen molar-refractivity contribution < 1.29 is 18.0 Å². The Morgan fingerprint density at radius 2 is 2.16 bits per heavy atom. The summed E-state index contributed by atoms with van der Waals surface area (Å²) in [7, 11) is 1.72. The van der Waals surface area contributed by atoms with Crippen LogP contribution in [0.4, 0.5) is 13.2 Å². The molecule has 1 aromatic rings. The third kappa shape index (κ3) is 3.24. The number of nitrogens with zero attached hydrogens (tertiary/aromatic N) is 2. The van der Waals surface area contributed by atoms with Crippen molar-refractivity contribution in [2.75, 3.05) is 13.1 Å². The highest BCUT2D eigenvalue weighted by Crippen LogP contribution is 2.33. The van der Waals surface area contributed by atoms with Crippen molar-refractivity contribution in [2.45, 2.75) is 19.0 Å². The minimum atomic E-state index is -4.22. The van der Waals surface area contributed by atoms with Gasteiger partial charge in [-0.15, -0.1) is 0 Å². The summed E-state index contributed by atoms with van der Waals surface area (Å²) >= 11 is 2.08. The molecule has 0 N–H and O–H groups in total. The Kier molecular flexibility index (Phi) is 4.12. The number of halogens is 4. The lowest BCUT2D eigenvalue weighted by Gasteiger charge is -2.33. The first-order valence-electron chi connectivity index (χ1n) is 5.97. The van der Waals surface area contributed by atoms with Gasteiger partial charge in [0.25, 0.3) is 5.91 Å². The smallest absolute Gasteiger partial charge is 0.346 e. The standard InChI is InChI=1S/C12H14F3IN2O/c1-17-7-9(16)5-10(17)11(19)18-4-2-3-8(6-18)12(13,14)15/h5,7-8H,2-4,6H2,1H3. The minimum absolute atomic E-state index is 0.109. The van der Waals surface area contributed by atoms with Crippen LogP contribution in [0.5, 0.6) is 0 Å². The van der Waals surface area contributed by atoms with Gasteiger partial charge in [0.2, 0.25) is 0 Å². The Hall–Kier alpha value is -0.730. The molecule has 0 aliphatic carbocycles. The van der Waals surface area contributed by atoms with E-state index in [2.05, 4.69) is 22.6 Å². The van der Waals surface area contributed by atoms with Gasteiger partial charge in [-0.3, -0.25) is 4.79 Å². The van der Waals surface area contributed by atoms with Gasteiger partial charge in [0.1, 0.15) is 5.69 Å². The van der Waals surface area contributed by atoms with E-state index >= 15 is 0 Å². The number of rotatable bonds is 1. The highest BCUT2D eigenvalue weighted by molar-refractivity contribution is 14.1. The summed E-state index contributed by atoms with van der Waals surface area (Å²) in [4.78, 5) is 13.6. The number of carbonyl (C=O) groups is 1. The van der Waals surface area contributed by atoms with Crippen LogP contribution < -0.4 is 0 Å². The van der Waals surface area contributed by atoms with E-state index in [0.717, 1.165) is 3.57 Å². The first-order chi connectivity index (χ1) is 8.79. The fourth-order valence-electron chi connectivity index (χ4n) is 2.33. The lowest BCUT2D eigenvalue weighted by molar-refractivity contribution is -0.184. The van der Waals surface area contributed by atoms with Gasteiger partial charge in [0.05, 0.1) is 5.92 Å². The van der Waals surface area contributed by atoms with Gasteiger partial charge >= 0.3 is 6.18 Å². The summed E-state index contributed by atoms with van der Waals surface area (Å²) in [5, 5.41) is 0. The molecule has 0 radical (unpaired) electrons. The summed E-state index contributed by atoms with van der Waals surface area (Å²) in [6.45, 7) is 0.164. The third-order valence-corrected chi connectivity index (χ3v) is 3.95. The van der Waals surface area contributed by atoms with E-state index < -0.39 is 12.1 Å². The van der Waals surface area contributed by atoms with E-state index in [9.17, 15) is 18.0 Å². The first kappa shape index (κ1) is 14.7. The van der Waals surface area contributed by atoms with Crippen LogP contribution in [0.1, 0.15) is 23.3 Å². The first-order valence-corrected chi connectivity index (χ1v) is 7.05. The predicted octanol–water partition coefficient (Wildman–Crippen LogP) is 3.04. The van der Waals surface area contributed by atoms with Gasteiger partial charge in [-0.2, -0.15) is 13.2 Å². The molecule has 1 aliphatic heterocycles. The monoisotopic (exact) mass is 386 g/mol. The maximum absolute atomic E-state index is 12.7. The molecule has 7 heteroatoms.